The first-order chi connectivity index (χ1) is 8.29. The summed E-state index contributed by atoms with van der Waals surface area (Å²) in [5, 5.41) is 11.6. The van der Waals surface area contributed by atoms with E-state index in [1.165, 1.54) is 25.7 Å². The van der Waals surface area contributed by atoms with Crippen molar-refractivity contribution in [3.8, 4) is 0 Å². The van der Waals surface area contributed by atoms with Crippen molar-refractivity contribution >= 4 is 0 Å². The third kappa shape index (κ3) is 3.53. The van der Waals surface area contributed by atoms with Gasteiger partial charge in [-0.15, -0.1) is 10.2 Å². The molecule has 4 nitrogen and oxygen atoms in total. The van der Waals surface area contributed by atoms with E-state index in [9.17, 15) is 0 Å². The maximum Gasteiger partial charge on any atom is 0.146 e. The van der Waals surface area contributed by atoms with Crippen LogP contribution in [0.1, 0.15) is 45.4 Å². The van der Waals surface area contributed by atoms with Crippen molar-refractivity contribution in [2.24, 2.45) is 11.8 Å². The van der Waals surface area contributed by atoms with Crippen molar-refractivity contribution in [2.75, 3.05) is 6.54 Å². The zero-order chi connectivity index (χ0) is 12.1. The maximum absolute atomic E-state index is 4.13. The number of rotatable bonds is 5. The number of hydrogen-bond acceptors (Lipinski definition) is 3. The van der Waals surface area contributed by atoms with Crippen molar-refractivity contribution in [3.63, 3.8) is 0 Å². The van der Waals surface area contributed by atoms with Gasteiger partial charge in [-0.1, -0.05) is 19.8 Å². The Balaban J connectivity index is 1.69. The molecule has 0 bridgehead atoms. The SMILES string of the molecule is CCn1cnnc1CNCC1CCC(C)CC1. The van der Waals surface area contributed by atoms with E-state index in [1.807, 2.05) is 0 Å². The molecule has 0 saturated heterocycles. The van der Waals surface area contributed by atoms with Crippen molar-refractivity contribution < 1.29 is 0 Å². The van der Waals surface area contributed by atoms with Crippen LogP contribution in [-0.2, 0) is 13.1 Å². The highest BCUT2D eigenvalue weighted by molar-refractivity contribution is 4.85. The summed E-state index contributed by atoms with van der Waals surface area (Å²) in [7, 11) is 0. The Morgan fingerprint density at radius 1 is 1.35 bits per heavy atom. The minimum atomic E-state index is 0.847. The van der Waals surface area contributed by atoms with Gasteiger partial charge < -0.3 is 9.88 Å². The smallest absolute Gasteiger partial charge is 0.146 e. The fourth-order valence-electron chi connectivity index (χ4n) is 2.60. The van der Waals surface area contributed by atoms with Crippen LogP contribution >= 0.6 is 0 Å². The summed E-state index contributed by atoms with van der Waals surface area (Å²) < 4.78 is 2.09. The Kier molecular flexibility index (Phi) is 4.54. The summed E-state index contributed by atoms with van der Waals surface area (Å²) in [6.07, 6.45) is 7.37. The van der Waals surface area contributed by atoms with Gasteiger partial charge >= 0.3 is 0 Å². The third-order valence-corrected chi connectivity index (χ3v) is 3.89. The summed E-state index contributed by atoms with van der Waals surface area (Å²) in [4.78, 5) is 0. The van der Waals surface area contributed by atoms with Crippen LogP contribution in [0.3, 0.4) is 0 Å². The molecule has 1 heterocycles. The average Bonchev–Trinajstić information content (AvgIpc) is 2.79. The monoisotopic (exact) mass is 236 g/mol. The van der Waals surface area contributed by atoms with Gasteiger partial charge in [-0.05, 0) is 38.1 Å². The number of nitrogens with zero attached hydrogens (tertiary/aromatic N) is 3. The van der Waals surface area contributed by atoms with Crippen LogP contribution in [0.5, 0.6) is 0 Å². The van der Waals surface area contributed by atoms with Gasteiger partial charge in [-0.25, -0.2) is 0 Å². The quantitative estimate of drug-likeness (QED) is 0.852. The van der Waals surface area contributed by atoms with Crippen molar-refractivity contribution in [1.82, 2.24) is 20.1 Å². The Labute approximate surface area is 104 Å². The first kappa shape index (κ1) is 12.6. The molecule has 1 aliphatic rings. The van der Waals surface area contributed by atoms with Gasteiger partial charge in [0.05, 0.1) is 6.54 Å². The Morgan fingerprint density at radius 2 is 2.12 bits per heavy atom. The van der Waals surface area contributed by atoms with Crippen molar-refractivity contribution in [2.45, 2.75) is 52.6 Å². The van der Waals surface area contributed by atoms with Crippen LogP contribution in [0.2, 0.25) is 0 Å². The molecule has 17 heavy (non-hydrogen) atoms. The molecule has 0 radical (unpaired) electrons. The van der Waals surface area contributed by atoms with Crippen LogP contribution in [0.25, 0.3) is 0 Å². The van der Waals surface area contributed by atoms with Crippen LogP contribution in [0, 0.1) is 11.8 Å². The van der Waals surface area contributed by atoms with Crippen molar-refractivity contribution in [3.05, 3.63) is 12.2 Å². The number of aryl methyl sites for hydroxylation is 1. The highest BCUT2D eigenvalue weighted by atomic mass is 15.3. The molecule has 0 unspecified atom stereocenters. The van der Waals surface area contributed by atoms with E-state index >= 15 is 0 Å². The topological polar surface area (TPSA) is 42.7 Å². The fraction of sp³-hybridized carbons (Fsp3) is 0.846. The third-order valence-electron chi connectivity index (χ3n) is 3.89. The summed E-state index contributed by atoms with van der Waals surface area (Å²) in [5.41, 5.74) is 0. The molecule has 1 aromatic rings. The molecule has 0 spiro atoms. The molecule has 96 valence electrons. The van der Waals surface area contributed by atoms with Gasteiger partial charge in [0.25, 0.3) is 0 Å². The molecule has 2 rings (SSSR count). The number of nitrogens with one attached hydrogen (secondary N) is 1. The summed E-state index contributed by atoms with van der Waals surface area (Å²) >= 11 is 0. The maximum atomic E-state index is 4.13. The zero-order valence-corrected chi connectivity index (χ0v) is 11.0. The van der Waals surface area contributed by atoms with Gasteiger partial charge in [0, 0.05) is 6.54 Å². The zero-order valence-electron chi connectivity index (χ0n) is 11.0. The van der Waals surface area contributed by atoms with Gasteiger partial charge in [0.1, 0.15) is 12.2 Å². The van der Waals surface area contributed by atoms with E-state index in [0.717, 1.165) is 37.3 Å². The molecule has 0 amide bonds. The summed E-state index contributed by atoms with van der Waals surface area (Å²) in [6, 6.07) is 0. The molecule has 1 saturated carbocycles. The standard InChI is InChI=1S/C13H24N4/c1-3-17-10-15-16-13(17)9-14-8-12-6-4-11(2)5-7-12/h10-12,14H,3-9H2,1-2H3. The van der Waals surface area contributed by atoms with E-state index in [4.69, 9.17) is 0 Å². The molecule has 1 aromatic heterocycles. The van der Waals surface area contributed by atoms with E-state index < -0.39 is 0 Å². The Hall–Kier alpha value is -0.900. The van der Waals surface area contributed by atoms with Gasteiger partial charge in [-0.3, -0.25) is 0 Å². The molecule has 4 heteroatoms. The fourth-order valence-corrected chi connectivity index (χ4v) is 2.60. The summed E-state index contributed by atoms with van der Waals surface area (Å²) in [6.45, 7) is 7.41. The Bertz CT molecular complexity index is 326. The molecule has 0 aromatic carbocycles. The van der Waals surface area contributed by atoms with Crippen LogP contribution in [0.15, 0.2) is 6.33 Å². The lowest BCUT2D eigenvalue weighted by molar-refractivity contribution is 0.280. The van der Waals surface area contributed by atoms with Gasteiger partial charge in [0.2, 0.25) is 0 Å². The molecule has 0 aliphatic heterocycles. The van der Waals surface area contributed by atoms with E-state index in [2.05, 4.69) is 33.9 Å². The lowest BCUT2D eigenvalue weighted by Gasteiger charge is -2.26. The second-order valence-electron chi connectivity index (χ2n) is 5.29. The predicted octanol–water partition coefficient (Wildman–Crippen LogP) is 2.21. The van der Waals surface area contributed by atoms with Gasteiger partial charge in [0.15, 0.2) is 0 Å². The van der Waals surface area contributed by atoms with Crippen LogP contribution < -0.4 is 5.32 Å². The molecular weight excluding hydrogens is 212 g/mol. The first-order valence-corrected chi connectivity index (χ1v) is 6.87. The van der Waals surface area contributed by atoms with Gasteiger partial charge in [-0.2, -0.15) is 0 Å². The normalized spacial score (nSPS) is 25.1. The second kappa shape index (κ2) is 6.15. The van der Waals surface area contributed by atoms with Crippen LogP contribution in [0.4, 0.5) is 0 Å². The molecule has 0 atom stereocenters. The molecule has 1 aliphatic carbocycles. The largest absolute Gasteiger partial charge is 0.317 e. The van der Waals surface area contributed by atoms with Crippen molar-refractivity contribution in [1.29, 1.82) is 0 Å². The molecular formula is C13H24N4. The lowest BCUT2D eigenvalue weighted by Crippen LogP contribution is -2.26. The molecule has 1 N–H and O–H groups in total. The first-order valence-electron chi connectivity index (χ1n) is 6.87. The highest BCUT2D eigenvalue weighted by Gasteiger charge is 2.17. The van der Waals surface area contributed by atoms with Crippen LogP contribution in [-0.4, -0.2) is 21.3 Å². The molecule has 1 fully saturated rings. The lowest BCUT2D eigenvalue weighted by atomic mass is 9.83. The summed E-state index contributed by atoms with van der Waals surface area (Å²) in [5.74, 6) is 2.86. The van der Waals surface area contributed by atoms with E-state index in [1.54, 1.807) is 6.33 Å². The minimum Gasteiger partial charge on any atom is -0.317 e. The predicted molar refractivity (Wildman–Crippen MR) is 68.5 cm³/mol. The number of aromatic nitrogens is 3. The average molecular weight is 236 g/mol. The van der Waals surface area contributed by atoms with E-state index in [0.29, 0.717) is 0 Å². The minimum absolute atomic E-state index is 0.847. The van der Waals surface area contributed by atoms with E-state index in [-0.39, 0.29) is 0 Å². The highest BCUT2D eigenvalue weighted by Crippen LogP contribution is 2.27. The number of hydrogen-bond donors (Lipinski definition) is 1. The Morgan fingerprint density at radius 3 is 2.82 bits per heavy atom. The second-order valence-corrected chi connectivity index (χ2v) is 5.29.